The third-order valence-electron chi connectivity index (χ3n) is 2.77. The summed E-state index contributed by atoms with van der Waals surface area (Å²) in [4.78, 5) is 11.8. The van der Waals surface area contributed by atoms with Crippen LogP contribution in [-0.4, -0.2) is 18.0 Å². The van der Waals surface area contributed by atoms with Crippen LogP contribution in [0.1, 0.15) is 27.2 Å². The lowest BCUT2D eigenvalue weighted by Gasteiger charge is -2.18. The molecule has 0 spiro atoms. The minimum absolute atomic E-state index is 0.0644. The van der Waals surface area contributed by atoms with E-state index >= 15 is 0 Å². The molecule has 0 heterocycles. The van der Waals surface area contributed by atoms with Crippen LogP contribution in [0.2, 0.25) is 0 Å². The minimum Gasteiger partial charge on any atom is -0.396 e. The third kappa shape index (κ3) is 3.91. The van der Waals surface area contributed by atoms with E-state index in [1.54, 1.807) is 13.0 Å². The fourth-order valence-electron chi connectivity index (χ4n) is 1.42. The van der Waals surface area contributed by atoms with E-state index in [1.165, 1.54) is 12.1 Å². The van der Waals surface area contributed by atoms with E-state index in [4.69, 9.17) is 5.73 Å². The van der Waals surface area contributed by atoms with Crippen LogP contribution in [0.5, 0.6) is 0 Å². The second-order valence-corrected chi connectivity index (χ2v) is 4.42. The molecular formula is C13H20FN3O. The summed E-state index contributed by atoms with van der Waals surface area (Å²) in [5.74, 6) is -0.551. The van der Waals surface area contributed by atoms with Gasteiger partial charge in [-0.05, 0) is 38.5 Å². The van der Waals surface area contributed by atoms with Gasteiger partial charge < -0.3 is 16.4 Å². The number of amides is 1. The number of nitrogens with one attached hydrogen (secondary N) is 2. The summed E-state index contributed by atoms with van der Waals surface area (Å²) in [6, 6.07) is 4.04. The Kier molecular flexibility index (Phi) is 4.95. The maximum Gasteiger partial charge on any atom is 0.242 e. The van der Waals surface area contributed by atoms with E-state index in [0.717, 1.165) is 6.42 Å². The number of hydrogen-bond acceptors (Lipinski definition) is 3. The third-order valence-corrected chi connectivity index (χ3v) is 2.77. The summed E-state index contributed by atoms with van der Waals surface area (Å²) in [5.41, 5.74) is 6.15. The number of carbonyl (C=O) groups excluding carboxylic acids is 1. The van der Waals surface area contributed by atoms with E-state index in [2.05, 4.69) is 10.6 Å². The standard InChI is InChI=1S/C13H20FN3O/c1-4-8(2)16-13(18)9(3)17-10-5-6-11(14)12(15)7-10/h5-9,17H,4,15H2,1-3H3,(H,16,18). The molecule has 1 rings (SSSR count). The lowest BCUT2D eigenvalue weighted by molar-refractivity contribution is -0.122. The van der Waals surface area contributed by atoms with Crippen LogP contribution in [0.4, 0.5) is 15.8 Å². The Bertz CT molecular complexity index is 423. The number of nitrogens with two attached hydrogens (primary N) is 1. The van der Waals surface area contributed by atoms with Crippen molar-refractivity contribution in [2.24, 2.45) is 0 Å². The molecule has 100 valence electrons. The predicted octanol–water partition coefficient (Wildman–Crippen LogP) is 2.12. The van der Waals surface area contributed by atoms with E-state index in [0.29, 0.717) is 5.69 Å². The van der Waals surface area contributed by atoms with Crippen LogP contribution < -0.4 is 16.4 Å². The van der Waals surface area contributed by atoms with Crippen LogP contribution in [0.3, 0.4) is 0 Å². The van der Waals surface area contributed by atoms with Crippen molar-refractivity contribution < 1.29 is 9.18 Å². The molecule has 0 aromatic heterocycles. The van der Waals surface area contributed by atoms with Crippen LogP contribution in [-0.2, 0) is 4.79 Å². The molecule has 0 aliphatic rings. The molecule has 2 unspecified atom stereocenters. The SMILES string of the molecule is CCC(C)NC(=O)C(C)Nc1ccc(F)c(N)c1. The van der Waals surface area contributed by atoms with E-state index < -0.39 is 11.9 Å². The van der Waals surface area contributed by atoms with Crippen LogP contribution >= 0.6 is 0 Å². The predicted molar refractivity (Wildman–Crippen MR) is 71.8 cm³/mol. The van der Waals surface area contributed by atoms with E-state index in [1.807, 2.05) is 13.8 Å². The largest absolute Gasteiger partial charge is 0.396 e. The zero-order valence-electron chi connectivity index (χ0n) is 11.0. The molecule has 0 aliphatic heterocycles. The summed E-state index contributed by atoms with van der Waals surface area (Å²) in [5, 5.41) is 5.85. The van der Waals surface area contributed by atoms with E-state index in [9.17, 15) is 9.18 Å². The van der Waals surface area contributed by atoms with Crippen LogP contribution in [0.25, 0.3) is 0 Å². The Morgan fingerprint density at radius 3 is 2.67 bits per heavy atom. The molecule has 4 nitrogen and oxygen atoms in total. The van der Waals surface area contributed by atoms with Gasteiger partial charge in [0.1, 0.15) is 11.9 Å². The molecule has 0 aliphatic carbocycles. The first kappa shape index (κ1) is 14.3. The zero-order valence-corrected chi connectivity index (χ0v) is 11.0. The van der Waals surface area contributed by atoms with Gasteiger partial charge in [-0.3, -0.25) is 4.79 Å². The Labute approximate surface area is 107 Å². The second-order valence-electron chi connectivity index (χ2n) is 4.42. The molecule has 0 saturated carbocycles. The van der Waals surface area contributed by atoms with Gasteiger partial charge in [0.25, 0.3) is 0 Å². The number of anilines is 2. The van der Waals surface area contributed by atoms with Crippen molar-refractivity contribution >= 4 is 17.3 Å². The molecule has 0 radical (unpaired) electrons. The minimum atomic E-state index is -0.461. The maximum absolute atomic E-state index is 13.0. The molecular weight excluding hydrogens is 233 g/mol. The Hall–Kier alpha value is -1.78. The van der Waals surface area contributed by atoms with Gasteiger partial charge in [0, 0.05) is 11.7 Å². The monoisotopic (exact) mass is 253 g/mol. The number of benzene rings is 1. The molecule has 0 bridgehead atoms. The number of halogens is 1. The van der Waals surface area contributed by atoms with Gasteiger partial charge in [-0.1, -0.05) is 6.92 Å². The summed E-state index contributed by atoms with van der Waals surface area (Å²) in [6.45, 7) is 5.70. The fourth-order valence-corrected chi connectivity index (χ4v) is 1.42. The molecule has 0 fully saturated rings. The first-order chi connectivity index (χ1) is 8.43. The molecule has 18 heavy (non-hydrogen) atoms. The van der Waals surface area contributed by atoms with Crippen molar-refractivity contribution in [1.29, 1.82) is 0 Å². The van der Waals surface area contributed by atoms with Gasteiger partial charge in [-0.2, -0.15) is 0 Å². The van der Waals surface area contributed by atoms with Gasteiger partial charge in [0.15, 0.2) is 0 Å². The molecule has 0 saturated heterocycles. The number of nitrogen functional groups attached to an aromatic ring is 1. The highest BCUT2D eigenvalue weighted by Gasteiger charge is 2.14. The first-order valence-electron chi connectivity index (χ1n) is 6.06. The molecule has 1 aromatic carbocycles. The number of hydrogen-bond donors (Lipinski definition) is 3. The van der Waals surface area contributed by atoms with Crippen molar-refractivity contribution in [2.75, 3.05) is 11.1 Å². The second kappa shape index (κ2) is 6.23. The lowest BCUT2D eigenvalue weighted by Crippen LogP contribution is -2.41. The van der Waals surface area contributed by atoms with Gasteiger partial charge >= 0.3 is 0 Å². The summed E-state index contributed by atoms with van der Waals surface area (Å²) in [7, 11) is 0. The maximum atomic E-state index is 13.0. The topological polar surface area (TPSA) is 67.2 Å². The Morgan fingerprint density at radius 2 is 2.11 bits per heavy atom. The molecule has 5 heteroatoms. The van der Waals surface area contributed by atoms with Crippen molar-refractivity contribution in [3.05, 3.63) is 24.0 Å². The quantitative estimate of drug-likeness (QED) is 0.704. The van der Waals surface area contributed by atoms with Crippen molar-refractivity contribution in [3.63, 3.8) is 0 Å². The highest BCUT2D eigenvalue weighted by Crippen LogP contribution is 2.17. The molecule has 2 atom stereocenters. The van der Waals surface area contributed by atoms with Crippen molar-refractivity contribution in [2.45, 2.75) is 39.3 Å². The summed E-state index contributed by atoms with van der Waals surface area (Å²) < 4.78 is 13.0. The highest BCUT2D eigenvalue weighted by molar-refractivity contribution is 5.84. The van der Waals surface area contributed by atoms with Crippen molar-refractivity contribution in [3.8, 4) is 0 Å². The Morgan fingerprint density at radius 1 is 1.44 bits per heavy atom. The van der Waals surface area contributed by atoms with E-state index in [-0.39, 0.29) is 17.6 Å². The Balaban J connectivity index is 2.60. The van der Waals surface area contributed by atoms with Gasteiger partial charge in [-0.25, -0.2) is 4.39 Å². The van der Waals surface area contributed by atoms with Crippen molar-refractivity contribution in [1.82, 2.24) is 5.32 Å². The van der Waals surface area contributed by atoms with Crippen LogP contribution in [0.15, 0.2) is 18.2 Å². The molecule has 4 N–H and O–H groups in total. The van der Waals surface area contributed by atoms with Gasteiger partial charge in [0.05, 0.1) is 5.69 Å². The van der Waals surface area contributed by atoms with Gasteiger partial charge in [-0.15, -0.1) is 0 Å². The summed E-state index contributed by atoms with van der Waals surface area (Å²) >= 11 is 0. The average molecular weight is 253 g/mol. The average Bonchev–Trinajstić information content (AvgIpc) is 2.33. The number of carbonyl (C=O) groups is 1. The normalized spacial score (nSPS) is 13.8. The highest BCUT2D eigenvalue weighted by atomic mass is 19.1. The number of rotatable bonds is 5. The summed E-state index contributed by atoms with van der Waals surface area (Å²) in [6.07, 6.45) is 0.877. The lowest BCUT2D eigenvalue weighted by atomic mass is 10.2. The van der Waals surface area contributed by atoms with Gasteiger partial charge in [0.2, 0.25) is 5.91 Å². The smallest absolute Gasteiger partial charge is 0.242 e. The first-order valence-corrected chi connectivity index (χ1v) is 6.06. The zero-order chi connectivity index (χ0) is 13.7. The molecule has 1 amide bonds. The fraction of sp³-hybridized carbons (Fsp3) is 0.462. The molecule has 1 aromatic rings. The van der Waals surface area contributed by atoms with Crippen LogP contribution in [0, 0.1) is 5.82 Å².